The van der Waals surface area contributed by atoms with E-state index in [9.17, 15) is 43.7 Å². The van der Waals surface area contributed by atoms with Crippen molar-refractivity contribution in [1.82, 2.24) is 4.58 Å². The number of carbonyl (C=O) groups excluding carboxylic acids is 1. The number of hydrogen-bond donors (Lipinski definition) is 0. The first-order valence-corrected chi connectivity index (χ1v) is 22.3. The van der Waals surface area contributed by atoms with Crippen LogP contribution in [0.3, 0.4) is 0 Å². The van der Waals surface area contributed by atoms with Crippen LogP contribution in [0.4, 0.5) is 5.69 Å². The maximum Gasteiger partial charge on any atom is 1.00 e. The largest absolute Gasteiger partial charge is 1.00 e. The molecule has 1 aliphatic carbocycles. The van der Waals surface area contributed by atoms with Crippen LogP contribution in [0.5, 0.6) is 0 Å². The first kappa shape index (κ1) is 50.5. The molecule has 2 aliphatic heterocycles. The predicted octanol–water partition coefficient (Wildman–Crippen LogP) is -1.31. The van der Waals surface area contributed by atoms with Gasteiger partial charge in [0, 0.05) is 64.7 Å². The van der Waals surface area contributed by atoms with Crippen molar-refractivity contribution in [2.24, 2.45) is 0 Å². The van der Waals surface area contributed by atoms with Gasteiger partial charge in [-0.1, -0.05) is 32.9 Å². The van der Waals surface area contributed by atoms with Crippen molar-refractivity contribution in [1.29, 1.82) is 0 Å². The smallest absolute Gasteiger partial charge is 0.748 e. The average molecular weight is 851 g/mol. The van der Waals surface area contributed by atoms with Gasteiger partial charge < -0.3 is 27.8 Å². The van der Waals surface area contributed by atoms with E-state index in [1.807, 2.05) is 86.6 Å². The fraction of sp³-hybridized carbons (Fsp3) is 0.474. The summed E-state index contributed by atoms with van der Waals surface area (Å²) in [5.74, 6) is 0.174. The summed E-state index contributed by atoms with van der Waals surface area (Å²) in [5.41, 5.74) is 2.06. The number of rotatable bonds is 16. The van der Waals surface area contributed by atoms with Gasteiger partial charge in [-0.25, -0.2) is 29.8 Å². The van der Waals surface area contributed by atoms with E-state index in [-0.39, 0.29) is 90.7 Å². The summed E-state index contributed by atoms with van der Waals surface area (Å²) in [6.07, 6.45) is 6.84. The first-order valence-electron chi connectivity index (χ1n) is 17.7. The molecule has 18 heteroatoms. The van der Waals surface area contributed by atoms with E-state index in [4.69, 9.17) is 4.42 Å². The van der Waals surface area contributed by atoms with Gasteiger partial charge in [0.1, 0.15) is 40.5 Å². The molecule has 0 bridgehead atoms. The standard InChI is InChI=1S/C38H50N2O11S3.2Na/c1-7-39(20-10-22-52(42,43)44)29-15-17-31-28(24-36(37(3,4)5)51-34(31)25-29)13-8-14-35-38(6,19-9-12-27(2)41)32-26-30(54(48,49)50)16-18-33(32)40(35)21-11-23-53(45,46)47;;/h8,13-18,24-26H,7,9-12,19-23H2,1-6H3,(H2-,42,43,44,45,46,47,48,49,50);;/q;2*+1/p-2. The van der Waals surface area contributed by atoms with E-state index in [0.717, 1.165) is 16.5 Å². The number of allylic oxidation sites excluding steroid dienone is 3. The van der Waals surface area contributed by atoms with Gasteiger partial charge in [0.05, 0.1) is 31.2 Å². The Morgan fingerprint density at radius 3 is 2.12 bits per heavy atom. The average Bonchev–Trinajstić information content (AvgIpc) is 3.27. The molecule has 1 atom stereocenters. The van der Waals surface area contributed by atoms with Crippen molar-refractivity contribution < 1.29 is 107 Å². The van der Waals surface area contributed by atoms with E-state index in [1.165, 1.54) is 25.1 Å². The van der Waals surface area contributed by atoms with Crippen LogP contribution >= 0.6 is 0 Å². The molecule has 0 aromatic heterocycles. The molecule has 2 heterocycles. The zero-order valence-electron chi connectivity index (χ0n) is 33.5. The number of Topliss-reactive ketones (excluding diaryl/α,β-unsaturated/α-hetero) is 1. The van der Waals surface area contributed by atoms with Crippen molar-refractivity contribution in [3.8, 4) is 11.3 Å². The summed E-state index contributed by atoms with van der Waals surface area (Å²) in [5, 5.41) is 0.792. The molecule has 56 heavy (non-hydrogen) atoms. The molecule has 3 aliphatic rings. The molecule has 0 spiro atoms. The van der Waals surface area contributed by atoms with Crippen LogP contribution in [0, 0.1) is 0 Å². The van der Waals surface area contributed by atoms with E-state index in [2.05, 4.69) is 0 Å². The fourth-order valence-corrected chi connectivity index (χ4v) is 8.29. The molecular weight excluding hydrogens is 803 g/mol. The number of fused-ring (bicyclic) bond motifs is 2. The Hall–Kier alpha value is -1.67. The molecule has 0 radical (unpaired) electrons. The van der Waals surface area contributed by atoms with E-state index in [1.54, 1.807) is 0 Å². The molecule has 13 nitrogen and oxygen atoms in total. The quantitative estimate of drug-likeness (QED) is 0.0936. The minimum absolute atomic E-state index is 0. The molecule has 1 unspecified atom stereocenters. The van der Waals surface area contributed by atoms with Gasteiger partial charge in [-0.15, -0.1) is 0 Å². The molecule has 0 fully saturated rings. The Balaban J connectivity index is 0.00000541. The molecule has 0 N–H and O–H groups in total. The van der Waals surface area contributed by atoms with Crippen molar-refractivity contribution >= 4 is 47.9 Å². The summed E-state index contributed by atoms with van der Waals surface area (Å²) < 4.78 is 113. The third kappa shape index (κ3) is 13.4. The van der Waals surface area contributed by atoms with Crippen LogP contribution in [-0.2, 0) is 46.0 Å². The van der Waals surface area contributed by atoms with Crippen molar-refractivity contribution in [3.63, 3.8) is 0 Å². The molecule has 296 valence electrons. The number of benzene rings is 2. The fourth-order valence-electron chi connectivity index (χ4n) is 6.83. The SMILES string of the molecule is CC[N+](CCCS(=O)(=O)[O-])=c1ccc2c(/C=C/C=C3\N(CCCS(=O)(=O)[O-])c4ccc(S(=O)(=O)[O-])cc4C3(C)CCCC(C)=O)cc(C(C)(C)C)oc-2c1.[Na+].[Na+]. The summed E-state index contributed by atoms with van der Waals surface area (Å²) in [7, 11) is -13.7. The Bertz CT molecular complexity index is 2330. The second-order valence-corrected chi connectivity index (χ2v) is 19.3. The van der Waals surface area contributed by atoms with Gasteiger partial charge in [-0.2, -0.15) is 0 Å². The third-order valence-electron chi connectivity index (χ3n) is 9.60. The van der Waals surface area contributed by atoms with E-state index >= 15 is 0 Å². The Kier molecular flexibility index (Phi) is 18.1. The summed E-state index contributed by atoms with van der Waals surface area (Å²) in [6.45, 7) is 12.4. The molecule has 1 aromatic carbocycles. The van der Waals surface area contributed by atoms with E-state index in [0.29, 0.717) is 54.4 Å². The minimum atomic E-state index is -4.82. The summed E-state index contributed by atoms with van der Waals surface area (Å²) in [6, 6.07) is 11.7. The van der Waals surface area contributed by atoms with Crippen molar-refractivity contribution in [2.75, 3.05) is 36.0 Å². The van der Waals surface area contributed by atoms with Crippen LogP contribution in [-0.4, -0.2) is 75.8 Å². The van der Waals surface area contributed by atoms with Gasteiger partial charge in [-0.05, 0) is 87.6 Å². The Morgan fingerprint density at radius 2 is 1.55 bits per heavy atom. The Labute approximate surface area is 375 Å². The Morgan fingerprint density at radius 1 is 0.911 bits per heavy atom. The summed E-state index contributed by atoms with van der Waals surface area (Å²) >= 11 is 0. The molecule has 0 saturated heterocycles. The molecule has 4 rings (SSSR count). The van der Waals surface area contributed by atoms with Gasteiger partial charge in [0.25, 0.3) is 0 Å². The van der Waals surface area contributed by atoms with Crippen LogP contribution in [0.2, 0.25) is 0 Å². The molecular formula is C38H48N2Na2O11S3. The number of hydrogen-bond acceptors (Lipinski definition) is 12. The molecule has 0 saturated carbocycles. The maximum atomic E-state index is 12.1. The zero-order valence-corrected chi connectivity index (χ0v) is 39.9. The number of ketones is 1. The van der Waals surface area contributed by atoms with Crippen LogP contribution < -0.4 is 73.9 Å². The molecule has 0 amide bonds. The third-order valence-corrected chi connectivity index (χ3v) is 12.0. The minimum Gasteiger partial charge on any atom is -0.748 e. The number of anilines is 1. The van der Waals surface area contributed by atoms with Crippen molar-refractivity contribution in [3.05, 3.63) is 82.6 Å². The van der Waals surface area contributed by atoms with Gasteiger partial charge in [0.15, 0.2) is 0 Å². The van der Waals surface area contributed by atoms with E-state index < -0.39 is 57.6 Å². The number of carbonyl (C=O) groups is 1. The topological polar surface area (TPSA) is 208 Å². The van der Waals surface area contributed by atoms with Gasteiger partial charge in [0.2, 0.25) is 5.36 Å². The van der Waals surface area contributed by atoms with Crippen LogP contribution in [0.15, 0.2) is 69.6 Å². The van der Waals surface area contributed by atoms with Gasteiger partial charge in [-0.3, -0.25) is 0 Å². The first-order chi connectivity index (χ1) is 24.9. The van der Waals surface area contributed by atoms with Gasteiger partial charge >= 0.3 is 59.1 Å². The number of nitrogens with zero attached hydrogens (tertiary/aromatic N) is 2. The second kappa shape index (κ2) is 20.1. The summed E-state index contributed by atoms with van der Waals surface area (Å²) in [4.78, 5) is 13.4. The normalized spacial score (nSPS) is 17.5. The second-order valence-electron chi connectivity index (χ2n) is 14.9. The maximum absolute atomic E-state index is 12.1. The van der Waals surface area contributed by atoms with Crippen LogP contribution in [0.25, 0.3) is 17.4 Å². The molecule has 1 aromatic rings. The van der Waals surface area contributed by atoms with Crippen LogP contribution in [0.1, 0.15) is 90.5 Å². The predicted molar refractivity (Wildman–Crippen MR) is 204 cm³/mol. The monoisotopic (exact) mass is 850 g/mol. The zero-order chi connectivity index (χ0) is 40.3. The van der Waals surface area contributed by atoms with Crippen molar-refractivity contribution in [2.45, 2.75) is 89.4 Å².